The molecule has 0 unspecified atom stereocenters. The van der Waals surface area contributed by atoms with Gasteiger partial charge in [0.05, 0.1) is 5.60 Å². The molecule has 0 aromatic rings. The van der Waals surface area contributed by atoms with Crippen LogP contribution in [0.1, 0.15) is 20.8 Å². The molecule has 0 radical (unpaired) electrons. The Bertz CT molecular complexity index is 85.6. The van der Waals surface area contributed by atoms with E-state index in [1.54, 1.807) is 20.8 Å². The highest BCUT2D eigenvalue weighted by Gasteiger charge is 2.06. The quantitative estimate of drug-likeness (QED) is 0.391. The number of carbonyl (C=O) groups excluding carboxylic acids is 2. The third-order valence-corrected chi connectivity index (χ3v) is 0.274. The van der Waals surface area contributed by atoms with Gasteiger partial charge in [0.2, 0.25) is 0 Å². The van der Waals surface area contributed by atoms with Gasteiger partial charge >= 0.3 is 6.15 Å². The average Bonchev–Trinajstić information content (AvgIpc) is 1.67. The van der Waals surface area contributed by atoms with E-state index in [1.807, 2.05) is 0 Å². The Labute approximate surface area is 53.4 Å². The maximum atomic E-state index is 8.12. The highest BCUT2D eigenvalue weighted by Crippen LogP contribution is 2.01. The summed E-state index contributed by atoms with van der Waals surface area (Å²) in [5.74, 6) is 0. The molecule has 0 saturated heterocycles. The minimum Gasteiger partial charge on any atom is -0.251 e. The third kappa shape index (κ3) is 38.8. The Hall–Kier alpha value is -0.700. The van der Waals surface area contributed by atoms with Crippen LogP contribution in [0.25, 0.3) is 0 Å². The predicted molar refractivity (Wildman–Crippen MR) is 28.5 cm³/mol. The van der Waals surface area contributed by atoms with Crippen molar-refractivity contribution in [1.82, 2.24) is 0 Å². The summed E-state index contributed by atoms with van der Waals surface area (Å²) in [7, 11) is 0. The summed E-state index contributed by atoms with van der Waals surface area (Å²) in [5.41, 5.74) is -0.403. The molecule has 0 spiro atoms. The summed E-state index contributed by atoms with van der Waals surface area (Å²) >= 11 is 0. The van der Waals surface area contributed by atoms with Crippen LogP contribution < -0.4 is 0 Å². The molecule has 0 atom stereocenters. The lowest BCUT2D eigenvalue weighted by molar-refractivity contribution is -0.306. The average molecular weight is 134 g/mol. The standard InChI is InChI=1S/C4H10O2.CO2/c1-4(2,3)6-5;2-1-3/h5H,1-3H3;. The zero-order valence-electron chi connectivity index (χ0n) is 5.67. The Balaban J connectivity index is 0. The molecule has 0 aromatic heterocycles. The van der Waals surface area contributed by atoms with Gasteiger partial charge in [-0.15, -0.1) is 0 Å². The molecule has 9 heavy (non-hydrogen) atoms. The van der Waals surface area contributed by atoms with Crippen LogP contribution in [0.4, 0.5) is 0 Å². The van der Waals surface area contributed by atoms with E-state index in [2.05, 4.69) is 4.89 Å². The van der Waals surface area contributed by atoms with Crippen molar-refractivity contribution in [3.63, 3.8) is 0 Å². The van der Waals surface area contributed by atoms with Crippen molar-refractivity contribution in [2.45, 2.75) is 26.4 Å². The molecule has 1 N–H and O–H groups in total. The first-order chi connectivity index (χ1) is 3.97. The Morgan fingerprint density at radius 3 is 1.44 bits per heavy atom. The fourth-order valence-electron chi connectivity index (χ4n) is 0. The lowest BCUT2D eigenvalue weighted by Gasteiger charge is -2.10. The molecule has 0 aliphatic rings. The maximum absolute atomic E-state index is 8.12. The molecule has 4 heteroatoms. The highest BCUT2D eigenvalue weighted by molar-refractivity contribution is 5.20. The highest BCUT2D eigenvalue weighted by atomic mass is 17.1. The fourth-order valence-corrected chi connectivity index (χ4v) is 0. The van der Waals surface area contributed by atoms with E-state index in [1.165, 1.54) is 0 Å². The lowest BCUT2D eigenvalue weighted by atomic mass is 10.2. The maximum Gasteiger partial charge on any atom is 0.373 e. The van der Waals surface area contributed by atoms with Crippen molar-refractivity contribution in [2.24, 2.45) is 0 Å². The summed E-state index contributed by atoms with van der Waals surface area (Å²) < 4.78 is 0. The first-order valence-electron chi connectivity index (χ1n) is 2.29. The Morgan fingerprint density at radius 2 is 1.44 bits per heavy atom. The number of hydrogen-bond acceptors (Lipinski definition) is 4. The van der Waals surface area contributed by atoms with Gasteiger partial charge < -0.3 is 0 Å². The minimum absolute atomic E-state index is 0.250. The molecule has 0 heterocycles. The molecule has 4 nitrogen and oxygen atoms in total. The van der Waals surface area contributed by atoms with Crippen molar-refractivity contribution in [2.75, 3.05) is 0 Å². The molecule has 0 aliphatic heterocycles. The van der Waals surface area contributed by atoms with Crippen LogP contribution in [0.5, 0.6) is 0 Å². The molecule has 0 saturated carbocycles. The third-order valence-electron chi connectivity index (χ3n) is 0.274. The summed E-state index contributed by atoms with van der Waals surface area (Å²) in [6.07, 6.45) is 0.250. The van der Waals surface area contributed by atoms with E-state index in [-0.39, 0.29) is 6.15 Å². The second-order valence-corrected chi connectivity index (χ2v) is 2.29. The van der Waals surface area contributed by atoms with E-state index in [9.17, 15) is 0 Å². The lowest BCUT2D eigenvalue weighted by Crippen LogP contribution is -2.15. The predicted octanol–water partition coefficient (Wildman–Crippen LogP) is 0.691. The van der Waals surface area contributed by atoms with Crippen molar-refractivity contribution >= 4 is 6.15 Å². The van der Waals surface area contributed by atoms with E-state index >= 15 is 0 Å². The zero-order chi connectivity index (χ0) is 7.91. The molecule has 0 aromatic carbocycles. The van der Waals surface area contributed by atoms with E-state index in [4.69, 9.17) is 14.8 Å². The summed E-state index contributed by atoms with van der Waals surface area (Å²) in [6, 6.07) is 0. The smallest absolute Gasteiger partial charge is 0.251 e. The first kappa shape index (κ1) is 11.1. The van der Waals surface area contributed by atoms with Crippen LogP contribution in [0.3, 0.4) is 0 Å². The number of rotatable bonds is 0. The van der Waals surface area contributed by atoms with E-state index in [0.29, 0.717) is 0 Å². The monoisotopic (exact) mass is 134 g/mol. The SMILES string of the molecule is CC(C)(C)OO.O=C=O. The zero-order valence-corrected chi connectivity index (χ0v) is 5.67. The van der Waals surface area contributed by atoms with Gasteiger partial charge in [-0.05, 0) is 20.8 Å². The van der Waals surface area contributed by atoms with Gasteiger partial charge in [0.15, 0.2) is 0 Å². The topological polar surface area (TPSA) is 63.6 Å². The second-order valence-electron chi connectivity index (χ2n) is 2.29. The summed E-state index contributed by atoms with van der Waals surface area (Å²) in [5, 5.41) is 7.90. The van der Waals surface area contributed by atoms with Crippen LogP contribution in [0, 0.1) is 0 Å². The molecule has 0 amide bonds. The normalized spacial score (nSPS) is 8.89. The molecule has 0 fully saturated rings. The van der Waals surface area contributed by atoms with Crippen LogP contribution in [-0.4, -0.2) is 17.0 Å². The van der Waals surface area contributed by atoms with Gasteiger partial charge in [0.1, 0.15) is 0 Å². The van der Waals surface area contributed by atoms with Gasteiger partial charge in [0.25, 0.3) is 0 Å². The van der Waals surface area contributed by atoms with E-state index in [0.717, 1.165) is 0 Å². The summed E-state index contributed by atoms with van der Waals surface area (Å²) in [6.45, 7) is 5.31. The molecule has 0 rings (SSSR count). The molecular weight excluding hydrogens is 124 g/mol. The van der Waals surface area contributed by atoms with Gasteiger partial charge in [-0.3, -0.25) is 5.26 Å². The molecular formula is C5H10O4. The fraction of sp³-hybridized carbons (Fsp3) is 0.800. The Kier molecular flexibility index (Phi) is 6.73. The van der Waals surface area contributed by atoms with E-state index < -0.39 is 5.60 Å². The van der Waals surface area contributed by atoms with Crippen molar-refractivity contribution in [3.8, 4) is 0 Å². The van der Waals surface area contributed by atoms with Gasteiger partial charge in [0, 0.05) is 0 Å². The van der Waals surface area contributed by atoms with Gasteiger partial charge in [-0.1, -0.05) is 0 Å². The molecule has 0 aliphatic carbocycles. The Morgan fingerprint density at radius 1 is 1.33 bits per heavy atom. The van der Waals surface area contributed by atoms with Crippen LogP contribution >= 0.6 is 0 Å². The number of hydrogen-bond donors (Lipinski definition) is 1. The van der Waals surface area contributed by atoms with Gasteiger partial charge in [-0.25, -0.2) is 4.89 Å². The minimum atomic E-state index is -0.403. The van der Waals surface area contributed by atoms with Crippen LogP contribution in [0.2, 0.25) is 0 Å². The van der Waals surface area contributed by atoms with Crippen molar-refractivity contribution in [3.05, 3.63) is 0 Å². The van der Waals surface area contributed by atoms with Crippen molar-refractivity contribution in [1.29, 1.82) is 0 Å². The second kappa shape index (κ2) is 5.44. The largest absolute Gasteiger partial charge is 0.373 e. The van der Waals surface area contributed by atoms with Crippen LogP contribution in [0.15, 0.2) is 0 Å². The summed E-state index contributed by atoms with van der Waals surface area (Å²) in [4.78, 5) is 20.2. The molecule has 54 valence electrons. The van der Waals surface area contributed by atoms with Crippen LogP contribution in [-0.2, 0) is 14.5 Å². The van der Waals surface area contributed by atoms with Gasteiger partial charge in [-0.2, -0.15) is 9.59 Å². The van der Waals surface area contributed by atoms with Crippen molar-refractivity contribution < 1.29 is 19.7 Å². The molecule has 0 bridgehead atoms. The first-order valence-corrected chi connectivity index (χ1v) is 2.29.